The molecule has 4 amide bonds. The lowest BCUT2D eigenvalue weighted by atomic mass is 10.3. The van der Waals surface area contributed by atoms with E-state index in [2.05, 4.69) is 0 Å². The third-order valence-electron chi connectivity index (χ3n) is 1.98. The average molecular weight is 244 g/mol. The van der Waals surface area contributed by atoms with Crippen molar-refractivity contribution < 1.29 is 29.4 Å². The summed E-state index contributed by atoms with van der Waals surface area (Å²) in [6.45, 7) is 2.42. The lowest BCUT2D eigenvalue weighted by Crippen LogP contribution is -2.49. The van der Waals surface area contributed by atoms with E-state index in [4.69, 9.17) is 0 Å². The van der Waals surface area contributed by atoms with E-state index in [1.807, 2.05) is 0 Å². The van der Waals surface area contributed by atoms with Gasteiger partial charge in [0, 0.05) is 13.1 Å². The molecule has 0 bridgehead atoms. The highest BCUT2D eigenvalue weighted by Crippen LogP contribution is 1.99. The van der Waals surface area contributed by atoms with E-state index >= 15 is 0 Å². The van der Waals surface area contributed by atoms with Crippen LogP contribution in [0.2, 0.25) is 0 Å². The largest absolute Gasteiger partial charge is 0.530 e. The van der Waals surface area contributed by atoms with Crippen LogP contribution in [0.15, 0.2) is 0 Å². The van der Waals surface area contributed by atoms with Crippen LogP contribution in [0.4, 0.5) is 9.59 Å². The van der Waals surface area contributed by atoms with Crippen LogP contribution < -0.4 is 10.2 Å². The summed E-state index contributed by atoms with van der Waals surface area (Å²) in [6.07, 6.45) is -4.33. The highest BCUT2D eigenvalue weighted by molar-refractivity contribution is 6.05. The predicted molar refractivity (Wildman–Crippen MR) is 50.2 cm³/mol. The van der Waals surface area contributed by atoms with Gasteiger partial charge in [-0.15, -0.1) is 0 Å². The van der Waals surface area contributed by atoms with Gasteiger partial charge in [-0.2, -0.15) is 0 Å². The molecule has 0 unspecified atom stereocenters. The minimum atomic E-state index is -1.73. The van der Waals surface area contributed by atoms with Gasteiger partial charge in [-0.3, -0.25) is 19.4 Å². The molecule has 0 heterocycles. The molecule has 0 radical (unpaired) electrons. The fourth-order valence-corrected chi connectivity index (χ4v) is 1.13. The van der Waals surface area contributed by atoms with E-state index in [0.29, 0.717) is 9.80 Å². The smallest absolute Gasteiger partial charge is 0.237 e. The zero-order chi connectivity index (χ0) is 13.6. The van der Waals surface area contributed by atoms with E-state index < -0.39 is 30.4 Å². The van der Waals surface area contributed by atoms with Gasteiger partial charge < -0.3 is 19.8 Å². The van der Waals surface area contributed by atoms with Crippen LogP contribution in [0.25, 0.3) is 0 Å². The molecule has 17 heavy (non-hydrogen) atoms. The van der Waals surface area contributed by atoms with Gasteiger partial charge in [-0.05, 0) is 13.8 Å². The van der Waals surface area contributed by atoms with E-state index in [9.17, 15) is 29.4 Å². The van der Waals surface area contributed by atoms with Crippen LogP contribution in [0, 0.1) is 0 Å². The molecule has 0 rings (SSSR count). The summed E-state index contributed by atoms with van der Waals surface area (Å²) in [6, 6.07) is 0. The molecule has 0 aliphatic heterocycles. The number of carbonyl (C=O) groups excluding carboxylic acids is 4. The number of amides is 4. The first kappa shape index (κ1) is 14.9. The third-order valence-corrected chi connectivity index (χ3v) is 1.98. The summed E-state index contributed by atoms with van der Waals surface area (Å²) < 4.78 is 0. The molecular formula is C9H12N2O6-2. The highest BCUT2D eigenvalue weighted by atomic mass is 16.4. The molecule has 96 valence electrons. The molecule has 0 saturated heterocycles. The van der Waals surface area contributed by atoms with Crippen molar-refractivity contribution in [1.82, 2.24) is 9.80 Å². The van der Waals surface area contributed by atoms with Crippen LogP contribution in [0.5, 0.6) is 0 Å². The first-order valence-corrected chi connectivity index (χ1v) is 4.87. The van der Waals surface area contributed by atoms with E-state index in [-0.39, 0.29) is 13.1 Å². The summed E-state index contributed by atoms with van der Waals surface area (Å²) in [7, 11) is 0. The van der Waals surface area contributed by atoms with Crippen LogP contribution in [0.3, 0.4) is 0 Å². The topological polar surface area (TPSA) is 121 Å². The minimum absolute atomic E-state index is 0.175. The van der Waals surface area contributed by atoms with E-state index in [1.165, 1.54) is 13.8 Å². The van der Waals surface area contributed by atoms with Crippen LogP contribution in [-0.2, 0) is 9.59 Å². The molecule has 0 aliphatic carbocycles. The standard InChI is InChI=1S/C9H14N2O6/c1-3-10(8(14)15)6(12)5-7(13)11(4-2)9(16)17/h3-5H2,1-2H3,(H,14,15)(H,16,17)/p-2. The molecule has 0 saturated carbocycles. The van der Waals surface area contributed by atoms with Crippen molar-refractivity contribution in [3.8, 4) is 0 Å². The molecular weight excluding hydrogens is 232 g/mol. The van der Waals surface area contributed by atoms with E-state index in [1.54, 1.807) is 0 Å². The fraction of sp³-hybridized carbons (Fsp3) is 0.556. The Bertz CT molecular complexity index is 308. The molecule has 8 heteroatoms. The number of hydrogen-bond acceptors (Lipinski definition) is 6. The van der Waals surface area contributed by atoms with Gasteiger partial charge in [0.05, 0.1) is 0 Å². The number of carboxylic acid groups (broad SMARTS) is 2. The van der Waals surface area contributed by atoms with Crippen molar-refractivity contribution >= 4 is 24.0 Å². The van der Waals surface area contributed by atoms with Crippen LogP contribution >= 0.6 is 0 Å². The number of nitrogens with zero attached hydrogens (tertiary/aromatic N) is 2. The van der Waals surface area contributed by atoms with Crippen LogP contribution in [-0.4, -0.2) is 46.9 Å². The second-order valence-corrected chi connectivity index (χ2v) is 2.98. The van der Waals surface area contributed by atoms with Gasteiger partial charge >= 0.3 is 0 Å². The first-order chi connectivity index (χ1) is 7.84. The average Bonchev–Trinajstić information content (AvgIpc) is 2.17. The van der Waals surface area contributed by atoms with Gasteiger partial charge in [0.15, 0.2) is 0 Å². The zero-order valence-electron chi connectivity index (χ0n) is 9.47. The quantitative estimate of drug-likeness (QED) is 0.515. The second-order valence-electron chi connectivity index (χ2n) is 2.98. The molecule has 0 N–H and O–H groups in total. The van der Waals surface area contributed by atoms with Crippen molar-refractivity contribution in [2.24, 2.45) is 0 Å². The molecule has 0 spiro atoms. The van der Waals surface area contributed by atoms with Crippen molar-refractivity contribution in [2.45, 2.75) is 20.3 Å². The zero-order valence-corrected chi connectivity index (χ0v) is 9.47. The van der Waals surface area contributed by atoms with Gasteiger partial charge in [-0.1, -0.05) is 0 Å². The fourth-order valence-electron chi connectivity index (χ4n) is 1.13. The Morgan fingerprint density at radius 3 is 1.29 bits per heavy atom. The number of hydrogen-bond donors (Lipinski definition) is 0. The Morgan fingerprint density at radius 2 is 1.12 bits per heavy atom. The Kier molecular flexibility index (Phi) is 5.65. The Morgan fingerprint density at radius 1 is 0.824 bits per heavy atom. The molecule has 0 aromatic heterocycles. The summed E-state index contributed by atoms with van der Waals surface area (Å²) in [5.41, 5.74) is 0. The summed E-state index contributed by atoms with van der Waals surface area (Å²) >= 11 is 0. The van der Waals surface area contributed by atoms with Crippen LogP contribution in [0.1, 0.15) is 20.3 Å². The maximum Gasteiger partial charge on any atom is 0.237 e. The molecule has 0 atom stereocenters. The Hall–Kier alpha value is -2.12. The number of carbonyl (C=O) groups is 4. The molecule has 0 aliphatic rings. The molecule has 0 aromatic carbocycles. The molecule has 0 aromatic rings. The SMILES string of the molecule is CCN(C(=O)[O-])C(=O)CC(=O)N(CC)C(=O)[O-]. The first-order valence-electron chi connectivity index (χ1n) is 4.87. The maximum atomic E-state index is 11.3. The molecule has 0 fully saturated rings. The second kappa shape index (κ2) is 6.46. The minimum Gasteiger partial charge on any atom is -0.530 e. The normalized spacial score (nSPS) is 9.53. The van der Waals surface area contributed by atoms with Crippen molar-refractivity contribution in [3.05, 3.63) is 0 Å². The van der Waals surface area contributed by atoms with Crippen molar-refractivity contribution in [1.29, 1.82) is 0 Å². The van der Waals surface area contributed by atoms with Gasteiger partial charge in [0.25, 0.3) is 0 Å². The number of rotatable bonds is 4. The lowest BCUT2D eigenvalue weighted by Gasteiger charge is -2.24. The summed E-state index contributed by atoms with van der Waals surface area (Å²) in [5.74, 6) is -2.06. The molecule has 8 nitrogen and oxygen atoms in total. The summed E-state index contributed by atoms with van der Waals surface area (Å²) in [5, 5.41) is 20.9. The highest BCUT2D eigenvalue weighted by Gasteiger charge is 2.21. The Balaban J connectivity index is 4.62. The number of imide groups is 2. The van der Waals surface area contributed by atoms with E-state index in [0.717, 1.165) is 0 Å². The lowest BCUT2D eigenvalue weighted by molar-refractivity contribution is -0.263. The van der Waals surface area contributed by atoms with Gasteiger partial charge in [0.2, 0.25) is 11.8 Å². The van der Waals surface area contributed by atoms with Gasteiger partial charge in [-0.25, -0.2) is 0 Å². The third kappa shape index (κ3) is 4.09. The maximum absolute atomic E-state index is 11.3. The monoisotopic (exact) mass is 244 g/mol. The summed E-state index contributed by atoms with van der Waals surface area (Å²) in [4.78, 5) is 44.2. The van der Waals surface area contributed by atoms with Crippen molar-refractivity contribution in [2.75, 3.05) is 13.1 Å². The van der Waals surface area contributed by atoms with Gasteiger partial charge in [0.1, 0.15) is 18.6 Å². The van der Waals surface area contributed by atoms with Crippen molar-refractivity contribution in [3.63, 3.8) is 0 Å². The predicted octanol–water partition coefficient (Wildman–Crippen LogP) is -2.24. The Labute approximate surface area is 97.4 Å².